The molecule has 0 aliphatic rings. The van der Waals surface area contributed by atoms with Crippen molar-refractivity contribution in [1.29, 1.82) is 0 Å². The van der Waals surface area contributed by atoms with Gasteiger partial charge in [-0.1, -0.05) is 6.07 Å². The van der Waals surface area contributed by atoms with Gasteiger partial charge in [-0.05, 0) is 18.4 Å². The van der Waals surface area contributed by atoms with E-state index in [1.165, 1.54) is 4.88 Å². The molecule has 0 unspecified atom stereocenters. The average molecular weight is 215 g/mol. The van der Waals surface area contributed by atoms with Crippen LogP contribution in [-0.2, 0) is 4.74 Å². The Morgan fingerprint density at radius 1 is 1.57 bits per heavy atom. The summed E-state index contributed by atoms with van der Waals surface area (Å²) in [5.74, 6) is 0. The van der Waals surface area contributed by atoms with Crippen molar-refractivity contribution in [2.24, 2.45) is 0 Å². The van der Waals surface area contributed by atoms with Gasteiger partial charge in [0.05, 0.1) is 19.8 Å². The molecule has 0 aliphatic carbocycles. The predicted octanol–water partition coefficient (Wildman–Crippen LogP) is 1.41. The minimum atomic E-state index is 0.0977. The van der Waals surface area contributed by atoms with Crippen molar-refractivity contribution < 1.29 is 9.84 Å². The van der Waals surface area contributed by atoms with Crippen molar-refractivity contribution >= 4 is 11.3 Å². The van der Waals surface area contributed by atoms with Gasteiger partial charge in [-0.2, -0.15) is 0 Å². The molecular weight excluding hydrogens is 198 g/mol. The van der Waals surface area contributed by atoms with Crippen LogP contribution in [0.25, 0.3) is 0 Å². The molecule has 0 aliphatic heterocycles. The number of hydrogen-bond acceptors (Lipinski definition) is 4. The van der Waals surface area contributed by atoms with E-state index in [0.717, 1.165) is 6.54 Å². The smallest absolute Gasteiger partial charge is 0.0698 e. The molecule has 0 fully saturated rings. The lowest BCUT2D eigenvalue weighted by molar-refractivity contribution is 0.0929. The minimum absolute atomic E-state index is 0.0977. The van der Waals surface area contributed by atoms with Crippen LogP contribution in [0.2, 0.25) is 0 Å². The van der Waals surface area contributed by atoms with Gasteiger partial charge in [0, 0.05) is 17.5 Å². The lowest BCUT2D eigenvalue weighted by Crippen LogP contribution is -2.23. The van der Waals surface area contributed by atoms with Crippen LogP contribution < -0.4 is 5.32 Å². The van der Waals surface area contributed by atoms with Crippen molar-refractivity contribution in [3.05, 3.63) is 22.4 Å². The summed E-state index contributed by atoms with van der Waals surface area (Å²) in [6.07, 6.45) is 0. The van der Waals surface area contributed by atoms with Crippen LogP contribution in [0, 0.1) is 0 Å². The monoisotopic (exact) mass is 215 g/mol. The zero-order valence-electron chi connectivity index (χ0n) is 8.40. The summed E-state index contributed by atoms with van der Waals surface area (Å²) in [5.41, 5.74) is 0. The van der Waals surface area contributed by atoms with Gasteiger partial charge in [-0.15, -0.1) is 11.3 Å². The van der Waals surface area contributed by atoms with E-state index in [0.29, 0.717) is 19.3 Å². The van der Waals surface area contributed by atoms with Crippen molar-refractivity contribution in [2.75, 3.05) is 26.4 Å². The van der Waals surface area contributed by atoms with Crippen LogP contribution in [0.3, 0.4) is 0 Å². The van der Waals surface area contributed by atoms with Crippen LogP contribution in [0.4, 0.5) is 0 Å². The van der Waals surface area contributed by atoms with Crippen LogP contribution >= 0.6 is 11.3 Å². The molecule has 0 radical (unpaired) electrons. The second-order valence-corrected chi connectivity index (χ2v) is 4.01. The molecule has 14 heavy (non-hydrogen) atoms. The molecule has 1 heterocycles. The molecule has 2 N–H and O–H groups in total. The average Bonchev–Trinajstić information content (AvgIpc) is 2.70. The lowest BCUT2D eigenvalue weighted by Gasteiger charge is -2.11. The van der Waals surface area contributed by atoms with Gasteiger partial charge in [-0.3, -0.25) is 0 Å². The number of ether oxygens (including phenoxy) is 1. The molecule has 0 bridgehead atoms. The quantitative estimate of drug-likeness (QED) is 0.676. The molecule has 0 saturated heterocycles. The Kier molecular flexibility index (Phi) is 5.78. The molecule has 3 nitrogen and oxygen atoms in total. The second-order valence-electron chi connectivity index (χ2n) is 3.03. The minimum Gasteiger partial charge on any atom is -0.394 e. The molecule has 0 amide bonds. The molecule has 0 saturated carbocycles. The maximum Gasteiger partial charge on any atom is 0.0698 e. The Morgan fingerprint density at radius 3 is 3.07 bits per heavy atom. The second kappa shape index (κ2) is 6.95. The summed E-state index contributed by atoms with van der Waals surface area (Å²) < 4.78 is 5.14. The highest BCUT2D eigenvalue weighted by atomic mass is 32.1. The number of rotatable bonds is 7. The van der Waals surface area contributed by atoms with Crippen LogP contribution in [0.15, 0.2) is 17.5 Å². The summed E-state index contributed by atoms with van der Waals surface area (Å²) in [5, 5.41) is 13.9. The molecule has 80 valence electrons. The first-order chi connectivity index (χ1) is 6.84. The molecule has 4 heteroatoms. The van der Waals surface area contributed by atoms with E-state index in [1.807, 2.05) is 0 Å². The summed E-state index contributed by atoms with van der Waals surface area (Å²) in [4.78, 5) is 1.34. The summed E-state index contributed by atoms with van der Waals surface area (Å²) >= 11 is 1.76. The topological polar surface area (TPSA) is 41.5 Å². The normalized spacial score (nSPS) is 13.0. The van der Waals surface area contributed by atoms with Crippen molar-refractivity contribution in [1.82, 2.24) is 5.32 Å². The number of nitrogens with one attached hydrogen (secondary N) is 1. The van der Waals surface area contributed by atoms with Gasteiger partial charge in [0.25, 0.3) is 0 Å². The number of hydrogen-bond donors (Lipinski definition) is 2. The van der Waals surface area contributed by atoms with E-state index < -0.39 is 0 Å². The van der Waals surface area contributed by atoms with Gasteiger partial charge in [0.2, 0.25) is 0 Å². The molecule has 1 aromatic rings. The summed E-state index contributed by atoms with van der Waals surface area (Å²) in [6.45, 7) is 4.13. The van der Waals surface area contributed by atoms with E-state index >= 15 is 0 Å². The summed E-state index contributed by atoms with van der Waals surface area (Å²) in [7, 11) is 0. The largest absolute Gasteiger partial charge is 0.394 e. The third kappa shape index (κ3) is 4.19. The first kappa shape index (κ1) is 11.7. The van der Waals surface area contributed by atoms with E-state index in [4.69, 9.17) is 9.84 Å². The van der Waals surface area contributed by atoms with E-state index in [2.05, 4.69) is 29.8 Å². The highest BCUT2D eigenvalue weighted by molar-refractivity contribution is 7.10. The molecule has 1 rings (SSSR count). The maximum absolute atomic E-state index is 8.48. The number of aliphatic hydroxyl groups excluding tert-OH is 1. The van der Waals surface area contributed by atoms with Crippen LogP contribution in [0.1, 0.15) is 17.8 Å². The fourth-order valence-electron chi connectivity index (χ4n) is 1.15. The predicted molar refractivity (Wildman–Crippen MR) is 58.6 cm³/mol. The Labute approximate surface area is 88.7 Å². The molecule has 0 aromatic carbocycles. The van der Waals surface area contributed by atoms with Crippen molar-refractivity contribution in [2.45, 2.75) is 13.0 Å². The zero-order valence-corrected chi connectivity index (χ0v) is 9.22. The van der Waals surface area contributed by atoms with Gasteiger partial charge < -0.3 is 15.2 Å². The Hall–Kier alpha value is -0.420. The van der Waals surface area contributed by atoms with Crippen LogP contribution in [-0.4, -0.2) is 31.5 Å². The number of aliphatic hydroxyl groups is 1. The molecule has 0 spiro atoms. The first-order valence-electron chi connectivity index (χ1n) is 4.80. The third-order valence-corrected chi connectivity index (χ3v) is 2.96. The van der Waals surface area contributed by atoms with E-state index in [-0.39, 0.29) is 6.61 Å². The van der Waals surface area contributed by atoms with Gasteiger partial charge >= 0.3 is 0 Å². The zero-order chi connectivity index (χ0) is 10.2. The fraction of sp³-hybridized carbons (Fsp3) is 0.600. The van der Waals surface area contributed by atoms with Gasteiger partial charge in [-0.25, -0.2) is 0 Å². The summed E-state index contributed by atoms with van der Waals surface area (Å²) in [6, 6.07) is 4.56. The SMILES string of the molecule is C[C@H](NCCOCCO)c1cccs1. The van der Waals surface area contributed by atoms with E-state index in [1.54, 1.807) is 11.3 Å². The highest BCUT2D eigenvalue weighted by Crippen LogP contribution is 2.17. The molecule has 1 atom stereocenters. The molecular formula is C10H17NO2S. The Morgan fingerprint density at radius 2 is 2.43 bits per heavy atom. The van der Waals surface area contributed by atoms with Gasteiger partial charge in [0.15, 0.2) is 0 Å². The lowest BCUT2D eigenvalue weighted by atomic mass is 10.3. The van der Waals surface area contributed by atoms with Crippen molar-refractivity contribution in [3.8, 4) is 0 Å². The first-order valence-corrected chi connectivity index (χ1v) is 5.68. The molecule has 1 aromatic heterocycles. The Balaban J connectivity index is 2.07. The van der Waals surface area contributed by atoms with Crippen LogP contribution in [0.5, 0.6) is 0 Å². The highest BCUT2D eigenvalue weighted by Gasteiger charge is 2.03. The Bertz CT molecular complexity index is 226. The van der Waals surface area contributed by atoms with Crippen molar-refractivity contribution in [3.63, 3.8) is 0 Å². The maximum atomic E-state index is 8.48. The number of thiophene rings is 1. The standard InChI is InChI=1S/C10H17NO2S/c1-9(10-3-2-8-14-10)11-4-6-13-7-5-12/h2-3,8-9,11-12H,4-7H2,1H3/t9-/m0/s1. The van der Waals surface area contributed by atoms with E-state index in [9.17, 15) is 0 Å². The van der Waals surface area contributed by atoms with Gasteiger partial charge in [0.1, 0.15) is 0 Å². The third-order valence-electron chi connectivity index (χ3n) is 1.90. The fourth-order valence-corrected chi connectivity index (χ4v) is 1.91.